The Labute approximate surface area is 154 Å². The molecule has 0 radical (unpaired) electrons. The number of hydrogen-bond donors (Lipinski definition) is 1. The fraction of sp³-hybridized carbons (Fsp3) is 0.286. The molecule has 1 atom stereocenters. The minimum absolute atomic E-state index is 0.0291. The highest BCUT2D eigenvalue weighted by atomic mass is 16.1. The van der Waals surface area contributed by atoms with Gasteiger partial charge in [-0.05, 0) is 49.6 Å². The van der Waals surface area contributed by atoms with E-state index in [4.69, 9.17) is 0 Å². The number of pyridine rings is 1. The molecule has 1 aromatic carbocycles. The molecule has 26 heavy (non-hydrogen) atoms. The first-order valence-corrected chi connectivity index (χ1v) is 8.83. The van der Waals surface area contributed by atoms with Gasteiger partial charge < -0.3 is 5.32 Å². The van der Waals surface area contributed by atoms with Gasteiger partial charge in [0, 0.05) is 31.1 Å². The average molecular weight is 348 g/mol. The van der Waals surface area contributed by atoms with E-state index in [0.29, 0.717) is 13.0 Å². The first kappa shape index (κ1) is 17.9. The van der Waals surface area contributed by atoms with E-state index in [2.05, 4.69) is 27.5 Å². The third kappa shape index (κ3) is 4.36. The van der Waals surface area contributed by atoms with Crippen LogP contribution in [0.4, 0.5) is 0 Å². The summed E-state index contributed by atoms with van der Waals surface area (Å²) in [6, 6.07) is 14.2. The number of carbonyl (C=O) groups is 1. The molecule has 5 nitrogen and oxygen atoms in total. The van der Waals surface area contributed by atoms with Crippen molar-refractivity contribution in [3.63, 3.8) is 0 Å². The van der Waals surface area contributed by atoms with Gasteiger partial charge in [0.2, 0.25) is 5.91 Å². The first-order chi connectivity index (χ1) is 12.5. The number of aromatic nitrogens is 3. The molecule has 0 aliphatic heterocycles. The Kier molecular flexibility index (Phi) is 5.46. The van der Waals surface area contributed by atoms with E-state index in [1.165, 1.54) is 0 Å². The lowest BCUT2D eigenvalue weighted by Gasteiger charge is -2.15. The lowest BCUT2D eigenvalue weighted by Crippen LogP contribution is -2.27. The number of rotatable bonds is 6. The molecule has 0 spiro atoms. The van der Waals surface area contributed by atoms with Gasteiger partial charge in [-0.3, -0.25) is 14.5 Å². The second-order valence-corrected chi connectivity index (χ2v) is 6.55. The van der Waals surface area contributed by atoms with Gasteiger partial charge in [-0.15, -0.1) is 0 Å². The third-order valence-corrected chi connectivity index (χ3v) is 4.44. The van der Waals surface area contributed by atoms with Crippen LogP contribution in [0.3, 0.4) is 0 Å². The van der Waals surface area contributed by atoms with Crippen LogP contribution in [0, 0.1) is 13.8 Å². The van der Waals surface area contributed by atoms with Gasteiger partial charge in [0.25, 0.3) is 0 Å². The second kappa shape index (κ2) is 7.95. The molecule has 1 unspecified atom stereocenters. The molecule has 3 rings (SSSR count). The van der Waals surface area contributed by atoms with Crippen LogP contribution in [-0.4, -0.2) is 20.7 Å². The van der Waals surface area contributed by atoms with E-state index < -0.39 is 0 Å². The maximum Gasteiger partial charge on any atom is 0.222 e. The fourth-order valence-electron chi connectivity index (χ4n) is 3.00. The Morgan fingerprint density at radius 2 is 1.92 bits per heavy atom. The summed E-state index contributed by atoms with van der Waals surface area (Å²) < 4.78 is 1.88. The zero-order valence-electron chi connectivity index (χ0n) is 15.4. The van der Waals surface area contributed by atoms with Crippen molar-refractivity contribution in [2.75, 3.05) is 0 Å². The molecular formula is C21H24N4O. The highest BCUT2D eigenvalue weighted by molar-refractivity contribution is 5.76. The van der Waals surface area contributed by atoms with E-state index in [0.717, 1.165) is 28.1 Å². The molecule has 3 aromatic rings. The van der Waals surface area contributed by atoms with Gasteiger partial charge >= 0.3 is 0 Å². The van der Waals surface area contributed by atoms with E-state index in [9.17, 15) is 4.79 Å². The molecule has 0 aliphatic rings. The molecule has 0 saturated heterocycles. The summed E-state index contributed by atoms with van der Waals surface area (Å²) in [5.74, 6) is 0.0291. The van der Waals surface area contributed by atoms with Gasteiger partial charge in [0.1, 0.15) is 0 Å². The lowest BCUT2D eigenvalue weighted by molar-refractivity contribution is -0.122. The predicted molar refractivity (Wildman–Crippen MR) is 103 cm³/mol. The molecule has 0 bridgehead atoms. The minimum Gasteiger partial charge on any atom is -0.350 e. The zero-order chi connectivity index (χ0) is 18.5. The highest BCUT2D eigenvalue weighted by Gasteiger charge is 2.11. The van der Waals surface area contributed by atoms with Crippen LogP contribution < -0.4 is 5.32 Å². The number of nitrogens with zero attached hydrogens (tertiary/aromatic N) is 3. The monoisotopic (exact) mass is 348 g/mol. The number of aryl methyl sites for hydroxylation is 3. The molecule has 5 heteroatoms. The average Bonchev–Trinajstić information content (AvgIpc) is 2.98. The standard InChI is InChI=1S/C21H24N4O/c1-15-13-16(2)25(24-15)12-10-21(26)23-17(3)18-6-8-19(9-7-18)20-5-4-11-22-14-20/h4-9,11,13-14,17H,10,12H2,1-3H3,(H,23,26). The number of hydrogen-bond acceptors (Lipinski definition) is 3. The molecule has 2 heterocycles. The molecule has 0 saturated carbocycles. The Hall–Kier alpha value is -2.95. The topological polar surface area (TPSA) is 59.8 Å². The SMILES string of the molecule is Cc1cc(C)n(CCC(=O)NC(C)c2ccc(-c3cccnc3)cc2)n1. The maximum atomic E-state index is 12.2. The molecule has 0 fully saturated rings. The van der Waals surface area contributed by atoms with Gasteiger partial charge in [-0.2, -0.15) is 5.10 Å². The van der Waals surface area contributed by atoms with E-state index >= 15 is 0 Å². The second-order valence-electron chi connectivity index (χ2n) is 6.55. The number of benzene rings is 1. The van der Waals surface area contributed by atoms with E-state index in [1.54, 1.807) is 6.20 Å². The van der Waals surface area contributed by atoms with Crippen molar-refractivity contribution >= 4 is 5.91 Å². The highest BCUT2D eigenvalue weighted by Crippen LogP contribution is 2.21. The summed E-state index contributed by atoms with van der Waals surface area (Å²) in [4.78, 5) is 16.4. The van der Waals surface area contributed by atoms with Crippen LogP contribution in [-0.2, 0) is 11.3 Å². The van der Waals surface area contributed by atoms with Gasteiger partial charge in [0.15, 0.2) is 0 Å². The van der Waals surface area contributed by atoms with Crippen LogP contribution in [0.15, 0.2) is 54.9 Å². The summed E-state index contributed by atoms with van der Waals surface area (Å²) >= 11 is 0. The predicted octanol–water partition coefficient (Wildman–Crippen LogP) is 3.83. The van der Waals surface area contributed by atoms with E-state index in [1.807, 2.05) is 62.0 Å². The van der Waals surface area contributed by atoms with E-state index in [-0.39, 0.29) is 11.9 Å². The van der Waals surface area contributed by atoms with Crippen molar-refractivity contribution in [3.8, 4) is 11.1 Å². The molecule has 1 amide bonds. The smallest absolute Gasteiger partial charge is 0.222 e. The normalized spacial score (nSPS) is 12.0. The van der Waals surface area contributed by atoms with Crippen LogP contribution in [0.1, 0.15) is 36.3 Å². The summed E-state index contributed by atoms with van der Waals surface area (Å²) in [6.07, 6.45) is 4.03. The molecule has 1 N–H and O–H groups in total. The van der Waals surface area contributed by atoms with Gasteiger partial charge in [0.05, 0.1) is 11.7 Å². The Bertz CT molecular complexity index is 869. The Balaban J connectivity index is 1.56. The van der Waals surface area contributed by atoms with Crippen molar-refractivity contribution < 1.29 is 4.79 Å². The largest absolute Gasteiger partial charge is 0.350 e. The van der Waals surface area contributed by atoms with Crippen LogP contribution >= 0.6 is 0 Å². The van der Waals surface area contributed by atoms with Crippen LogP contribution in [0.5, 0.6) is 0 Å². The van der Waals surface area contributed by atoms with Crippen molar-refractivity contribution in [2.24, 2.45) is 0 Å². The molecular weight excluding hydrogens is 324 g/mol. The Morgan fingerprint density at radius 3 is 2.54 bits per heavy atom. The molecule has 2 aromatic heterocycles. The minimum atomic E-state index is -0.0362. The molecule has 0 aliphatic carbocycles. The summed E-state index contributed by atoms with van der Waals surface area (Å²) in [6.45, 7) is 6.56. The Morgan fingerprint density at radius 1 is 1.15 bits per heavy atom. The third-order valence-electron chi connectivity index (χ3n) is 4.44. The number of nitrogens with one attached hydrogen (secondary N) is 1. The summed E-state index contributed by atoms with van der Waals surface area (Å²) in [7, 11) is 0. The summed E-state index contributed by atoms with van der Waals surface area (Å²) in [5.41, 5.74) is 5.34. The van der Waals surface area contributed by atoms with Crippen molar-refractivity contribution in [2.45, 2.75) is 39.8 Å². The zero-order valence-corrected chi connectivity index (χ0v) is 15.4. The quantitative estimate of drug-likeness (QED) is 0.736. The first-order valence-electron chi connectivity index (χ1n) is 8.83. The van der Waals surface area contributed by atoms with Crippen molar-refractivity contribution in [1.29, 1.82) is 0 Å². The van der Waals surface area contributed by atoms with Crippen molar-refractivity contribution in [1.82, 2.24) is 20.1 Å². The van der Waals surface area contributed by atoms with Crippen LogP contribution in [0.2, 0.25) is 0 Å². The molecule has 134 valence electrons. The number of carbonyl (C=O) groups excluding carboxylic acids is 1. The number of amides is 1. The van der Waals surface area contributed by atoms with Gasteiger partial charge in [-0.25, -0.2) is 0 Å². The van der Waals surface area contributed by atoms with Gasteiger partial charge in [-0.1, -0.05) is 30.3 Å². The lowest BCUT2D eigenvalue weighted by atomic mass is 10.0. The maximum absolute atomic E-state index is 12.2. The summed E-state index contributed by atoms with van der Waals surface area (Å²) in [5, 5.41) is 7.45. The van der Waals surface area contributed by atoms with Crippen LogP contribution in [0.25, 0.3) is 11.1 Å². The fourth-order valence-corrected chi connectivity index (χ4v) is 3.00. The van der Waals surface area contributed by atoms with Crippen molar-refractivity contribution in [3.05, 3.63) is 71.8 Å².